The van der Waals surface area contributed by atoms with Gasteiger partial charge in [0.1, 0.15) is 12.4 Å². The molecule has 0 saturated heterocycles. The van der Waals surface area contributed by atoms with Gasteiger partial charge >= 0.3 is 12.0 Å². The Kier molecular flexibility index (Phi) is 6.30. The molecule has 1 aromatic heterocycles. The number of nitrogens with zero attached hydrogens (tertiary/aromatic N) is 3. The molecule has 0 radical (unpaired) electrons. The third-order valence-electron chi connectivity index (χ3n) is 4.18. The Labute approximate surface area is 178 Å². The summed E-state index contributed by atoms with van der Waals surface area (Å²) in [6.07, 6.45) is 1.53. The number of hydrogen-bond donors (Lipinski definition) is 2. The molecule has 4 rings (SSSR count). The lowest BCUT2D eigenvalue weighted by Crippen LogP contribution is -2.24. The number of para-hydroxylation sites is 1. The van der Waals surface area contributed by atoms with E-state index in [4.69, 9.17) is 9.15 Å². The SMILES string of the molecule is O=C(N/N=C/c1ccccc1)Nc1nnc(-c2ccccc2OCc2ccccc2)o1. The molecule has 8 nitrogen and oxygen atoms in total. The van der Waals surface area contributed by atoms with Crippen LogP contribution in [0.25, 0.3) is 11.5 Å². The quantitative estimate of drug-likeness (QED) is 0.344. The largest absolute Gasteiger partial charge is 0.488 e. The van der Waals surface area contributed by atoms with Crippen LogP contribution < -0.4 is 15.5 Å². The minimum absolute atomic E-state index is 0.0553. The minimum atomic E-state index is -0.601. The molecule has 0 spiro atoms. The number of carbonyl (C=O) groups excluding carboxylic acids is 1. The Morgan fingerprint density at radius 1 is 0.935 bits per heavy atom. The first-order valence-electron chi connectivity index (χ1n) is 9.53. The number of amides is 2. The number of hydrogen-bond acceptors (Lipinski definition) is 6. The number of hydrazone groups is 1. The standard InChI is InChI=1S/C23H19N5O3/c29-22(27-24-15-17-9-3-1-4-10-17)25-23-28-26-21(31-23)19-13-7-8-14-20(19)30-16-18-11-5-2-6-12-18/h1-15H,16H2,(H2,25,27,28,29)/b24-15+. The molecule has 3 aromatic carbocycles. The third kappa shape index (κ3) is 5.54. The van der Waals surface area contributed by atoms with Crippen molar-refractivity contribution in [3.63, 3.8) is 0 Å². The summed E-state index contributed by atoms with van der Waals surface area (Å²) < 4.78 is 11.5. The fraction of sp³-hybridized carbons (Fsp3) is 0.0435. The average Bonchev–Trinajstić information content (AvgIpc) is 3.27. The molecular formula is C23H19N5O3. The normalized spacial score (nSPS) is 10.7. The van der Waals surface area contributed by atoms with Crippen molar-refractivity contribution in [2.24, 2.45) is 5.10 Å². The van der Waals surface area contributed by atoms with Crippen LogP contribution in [0.5, 0.6) is 5.75 Å². The van der Waals surface area contributed by atoms with Gasteiger partial charge in [0.2, 0.25) is 0 Å². The summed E-state index contributed by atoms with van der Waals surface area (Å²) in [7, 11) is 0. The van der Waals surface area contributed by atoms with Gasteiger partial charge in [0.25, 0.3) is 5.89 Å². The summed E-state index contributed by atoms with van der Waals surface area (Å²) in [6.45, 7) is 0.402. The van der Waals surface area contributed by atoms with E-state index in [1.807, 2.05) is 84.9 Å². The number of urea groups is 1. The van der Waals surface area contributed by atoms with E-state index in [1.54, 1.807) is 0 Å². The number of anilines is 1. The summed E-state index contributed by atoms with van der Waals surface area (Å²) >= 11 is 0. The lowest BCUT2D eigenvalue weighted by Gasteiger charge is -2.09. The first kappa shape index (κ1) is 19.8. The van der Waals surface area contributed by atoms with Gasteiger partial charge in [0, 0.05) is 0 Å². The van der Waals surface area contributed by atoms with Gasteiger partial charge < -0.3 is 9.15 Å². The zero-order valence-electron chi connectivity index (χ0n) is 16.4. The molecule has 0 bridgehead atoms. The predicted molar refractivity (Wildman–Crippen MR) is 117 cm³/mol. The van der Waals surface area contributed by atoms with Crippen molar-refractivity contribution in [2.75, 3.05) is 5.32 Å². The van der Waals surface area contributed by atoms with Crippen molar-refractivity contribution in [1.29, 1.82) is 0 Å². The van der Waals surface area contributed by atoms with Crippen molar-refractivity contribution in [3.05, 3.63) is 96.1 Å². The molecule has 2 amide bonds. The van der Waals surface area contributed by atoms with Gasteiger partial charge in [-0.1, -0.05) is 77.9 Å². The molecule has 154 valence electrons. The van der Waals surface area contributed by atoms with E-state index in [1.165, 1.54) is 6.21 Å². The van der Waals surface area contributed by atoms with Crippen LogP contribution in [-0.2, 0) is 6.61 Å². The van der Waals surface area contributed by atoms with Crippen molar-refractivity contribution in [2.45, 2.75) is 6.61 Å². The van der Waals surface area contributed by atoms with Crippen LogP contribution in [0.15, 0.2) is 94.4 Å². The van der Waals surface area contributed by atoms with Crippen LogP contribution in [0.4, 0.5) is 10.8 Å². The van der Waals surface area contributed by atoms with Crippen LogP contribution in [-0.4, -0.2) is 22.4 Å². The minimum Gasteiger partial charge on any atom is -0.488 e. The second-order valence-corrected chi connectivity index (χ2v) is 6.42. The number of benzene rings is 3. The van der Waals surface area contributed by atoms with Gasteiger partial charge in [-0.3, -0.25) is 5.32 Å². The number of aromatic nitrogens is 2. The van der Waals surface area contributed by atoms with Crippen LogP contribution in [0, 0.1) is 0 Å². The van der Waals surface area contributed by atoms with Crippen molar-refractivity contribution in [1.82, 2.24) is 15.6 Å². The van der Waals surface area contributed by atoms with Crippen LogP contribution in [0.2, 0.25) is 0 Å². The predicted octanol–water partition coefficient (Wildman–Crippen LogP) is 4.47. The van der Waals surface area contributed by atoms with Gasteiger partial charge in [-0.15, -0.1) is 5.10 Å². The van der Waals surface area contributed by atoms with E-state index in [9.17, 15) is 4.79 Å². The van der Waals surface area contributed by atoms with Crippen molar-refractivity contribution in [3.8, 4) is 17.2 Å². The Morgan fingerprint density at radius 3 is 2.45 bits per heavy atom. The second kappa shape index (κ2) is 9.84. The van der Waals surface area contributed by atoms with E-state index in [0.717, 1.165) is 11.1 Å². The van der Waals surface area contributed by atoms with E-state index in [-0.39, 0.29) is 11.9 Å². The highest BCUT2D eigenvalue weighted by Gasteiger charge is 2.15. The topological polar surface area (TPSA) is 102 Å². The molecule has 0 aliphatic carbocycles. The van der Waals surface area contributed by atoms with Gasteiger partial charge in [0.05, 0.1) is 11.8 Å². The Balaban J connectivity index is 1.38. The van der Waals surface area contributed by atoms with E-state index in [0.29, 0.717) is 17.9 Å². The number of carbonyl (C=O) groups is 1. The average molecular weight is 413 g/mol. The van der Waals surface area contributed by atoms with Gasteiger partial charge in [-0.25, -0.2) is 10.2 Å². The zero-order chi connectivity index (χ0) is 21.3. The van der Waals surface area contributed by atoms with Gasteiger partial charge in [-0.05, 0) is 23.3 Å². The maximum absolute atomic E-state index is 12.0. The van der Waals surface area contributed by atoms with E-state index < -0.39 is 6.03 Å². The number of rotatable bonds is 7. The molecule has 8 heteroatoms. The molecule has 0 unspecified atom stereocenters. The van der Waals surface area contributed by atoms with E-state index >= 15 is 0 Å². The lowest BCUT2D eigenvalue weighted by atomic mass is 10.2. The molecule has 0 fully saturated rings. The molecule has 1 heterocycles. The monoisotopic (exact) mass is 413 g/mol. The molecular weight excluding hydrogens is 394 g/mol. The molecule has 31 heavy (non-hydrogen) atoms. The second-order valence-electron chi connectivity index (χ2n) is 6.42. The fourth-order valence-electron chi connectivity index (χ4n) is 2.72. The van der Waals surface area contributed by atoms with Crippen LogP contribution >= 0.6 is 0 Å². The molecule has 0 atom stereocenters. The van der Waals surface area contributed by atoms with E-state index in [2.05, 4.69) is 26.0 Å². The lowest BCUT2D eigenvalue weighted by molar-refractivity contribution is 0.252. The van der Waals surface area contributed by atoms with Crippen LogP contribution in [0.3, 0.4) is 0 Å². The summed E-state index contributed by atoms with van der Waals surface area (Å²) in [5, 5.41) is 14.2. The first-order valence-corrected chi connectivity index (χ1v) is 9.53. The summed E-state index contributed by atoms with van der Waals surface area (Å²) in [5.41, 5.74) is 4.87. The number of ether oxygens (including phenoxy) is 1. The summed E-state index contributed by atoms with van der Waals surface area (Å²) in [6, 6.07) is 25.9. The van der Waals surface area contributed by atoms with Gasteiger partial charge in [-0.2, -0.15) is 5.10 Å². The molecule has 2 N–H and O–H groups in total. The third-order valence-corrected chi connectivity index (χ3v) is 4.18. The Morgan fingerprint density at radius 2 is 1.65 bits per heavy atom. The zero-order valence-corrected chi connectivity index (χ0v) is 16.4. The Hall–Kier alpha value is -4.46. The van der Waals surface area contributed by atoms with Crippen LogP contribution in [0.1, 0.15) is 11.1 Å². The summed E-state index contributed by atoms with van der Waals surface area (Å²) in [5.74, 6) is 0.824. The highest BCUT2D eigenvalue weighted by Crippen LogP contribution is 2.30. The molecule has 0 aliphatic heterocycles. The highest BCUT2D eigenvalue weighted by atomic mass is 16.5. The summed E-state index contributed by atoms with van der Waals surface area (Å²) in [4.78, 5) is 12.0. The fourth-order valence-corrected chi connectivity index (χ4v) is 2.72. The highest BCUT2D eigenvalue weighted by molar-refractivity contribution is 5.88. The maximum Gasteiger partial charge on any atom is 0.343 e. The van der Waals surface area contributed by atoms with Crippen molar-refractivity contribution < 1.29 is 13.9 Å². The number of nitrogens with one attached hydrogen (secondary N) is 2. The molecule has 0 saturated carbocycles. The first-order chi connectivity index (χ1) is 15.3. The molecule has 4 aromatic rings. The smallest absolute Gasteiger partial charge is 0.343 e. The van der Waals surface area contributed by atoms with Crippen molar-refractivity contribution >= 4 is 18.3 Å². The molecule has 0 aliphatic rings. The van der Waals surface area contributed by atoms with Gasteiger partial charge in [0.15, 0.2) is 0 Å². The maximum atomic E-state index is 12.0. The Bertz CT molecular complexity index is 1160.